The molecular formula is C18H15N3O4. The van der Waals surface area contributed by atoms with Crippen LogP contribution in [0.25, 0.3) is 5.69 Å². The molecule has 6 rings (SSSR count). The molecule has 1 aromatic heterocycles. The van der Waals surface area contributed by atoms with Gasteiger partial charge >= 0.3 is 0 Å². The van der Waals surface area contributed by atoms with E-state index in [1.54, 1.807) is 6.07 Å². The summed E-state index contributed by atoms with van der Waals surface area (Å²) < 4.78 is 7.53. The zero-order valence-corrected chi connectivity index (χ0v) is 13.3. The van der Waals surface area contributed by atoms with Crippen LogP contribution >= 0.6 is 0 Å². The standard InChI is InChI=1S/C18H15N3O4/c22-14-10-25-16-13(6-7-20(16)12-4-2-1-3-5-12)21(14)18-8-11(9-18)15(23)19-17(18)24/h1-7,11H,8-10H2,(H,19,23,24). The molecule has 7 nitrogen and oxygen atoms in total. The van der Waals surface area contributed by atoms with E-state index in [1.165, 1.54) is 4.90 Å². The summed E-state index contributed by atoms with van der Waals surface area (Å²) in [6.45, 7) is -0.127. The Morgan fingerprint density at radius 3 is 2.56 bits per heavy atom. The first-order valence-corrected chi connectivity index (χ1v) is 8.18. The van der Waals surface area contributed by atoms with Crippen LogP contribution in [0.4, 0.5) is 5.69 Å². The number of hydrogen-bond acceptors (Lipinski definition) is 4. The van der Waals surface area contributed by atoms with E-state index in [2.05, 4.69) is 5.32 Å². The third kappa shape index (κ3) is 1.77. The van der Waals surface area contributed by atoms with Gasteiger partial charge in [-0.1, -0.05) is 18.2 Å². The van der Waals surface area contributed by atoms with Gasteiger partial charge in [-0.15, -0.1) is 0 Å². The number of carbonyl (C=O) groups excluding carboxylic acids is 3. The van der Waals surface area contributed by atoms with E-state index in [4.69, 9.17) is 4.74 Å². The summed E-state index contributed by atoms with van der Waals surface area (Å²) in [6, 6.07) is 11.4. The Balaban J connectivity index is 1.60. The fraction of sp³-hybridized carbons (Fsp3) is 0.278. The Labute approximate surface area is 143 Å². The second kappa shape index (κ2) is 4.72. The molecule has 0 radical (unpaired) electrons. The largest absolute Gasteiger partial charge is 0.467 e. The molecular weight excluding hydrogens is 322 g/mol. The molecule has 3 aliphatic heterocycles. The van der Waals surface area contributed by atoms with Crippen molar-refractivity contribution in [2.75, 3.05) is 11.5 Å². The molecule has 0 spiro atoms. The normalized spacial score (nSPS) is 27.3. The van der Waals surface area contributed by atoms with Crippen LogP contribution in [0.2, 0.25) is 0 Å². The van der Waals surface area contributed by atoms with Crippen LogP contribution in [-0.2, 0) is 14.4 Å². The maximum atomic E-state index is 12.6. The van der Waals surface area contributed by atoms with Gasteiger partial charge in [-0.25, -0.2) is 0 Å². The lowest BCUT2D eigenvalue weighted by Gasteiger charge is -2.55. The molecule has 0 atom stereocenters. The van der Waals surface area contributed by atoms with Crippen molar-refractivity contribution in [2.24, 2.45) is 5.92 Å². The van der Waals surface area contributed by atoms with Crippen LogP contribution in [0, 0.1) is 5.92 Å². The third-order valence-electron chi connectivity index (χ3n) is 5.30. The van der Waals surface area contributed by atoms with Crippen molar-refractivity contribution >= 4 is 23.4 Å². The maximum Gasteiger partial charge on any atom is 0.266 e. The van der Waals surface area contributed by atoms with E-state index in [0.29, 0.717) is 24.4 Å². The van der Waals surface area contributed by atoms with Crippen LogP contribution in [-0.4, -0.2) is 34.4 Å². The number of aromatic nitrogens is 1. The molecule has 2 bridgehead atoms. The van der Waals surface area contributed by atoms with Gasteiger partial charge < -0.3 is 4.74 Å². The molecule has 25 heavy (non-hydrogen) atoms. The molecule has 1 N–H and O–H groups in total. The molecule has 3 amide bonds. The summed E-state index contributed by atoms with van der Waals surface area (Å²) in [5.41, 5.74) is 0.505. The minimum Gasteiger partial charge on any atom is -0.467 e. The highest BCUT2D eigenvalue weighted by molar-refractivity contribution is 6.14. The first-order chi connectivity index (χ1) is 12.1. The second-order valence-corrected chi connectivity index (χ2v) is 6.68. The number of fused-ring (bicyclic) bond motifs is 3. The fourth-order valence-electron chi connectivity index (χ4n) is 4.05. The Kier molecular flexibility index (Phi) is 2.69. The number of hydrogen-bond donors (Lipinski definition) is 1. The topological polar surface area (TPSA) is 80.6 Å². The number of amides is 3. The van der Waals surface area contributed by atoms with Gasteiger partial charge in [-0.3, -0.25) is 29.2 Å². The Morgan fingerprint density at radius 2 is 1.84 bits per heavy atom. The third-order valence-corrected chi connectivity index (χ3v) is 5.30. The smallest absolute Gasteiger partial charge is 0.266 e. The van der Waals surface area contributed by atoms with Gasteiger partial charge in [0.05, 0.1) is 0 Å². The molecule has 4 aliphatic rings. The van der Waals surface area contributed by atoms with E-state index in [-0.39, 0.29) is 24.3 Å². The maximum absolute atomic E-state index is 12.6. The first-order valence-electron chi connectivity index (χ1n) is 8.18. The van der Waals surface area contributed by atoms with Crippen molar-refractivity contribution in [3.8, 4) is 11.6 Å². The number of ether oxygens (including phenoxy) is 1. The van der Waals surface area contributed by atoms with Crippen molar-refractivity contribution in [3.05, 3.63) is 42.6 Å². The number of benzene rings is 1. The monoisotopic (exact) mass is 337 g/mol. The Hall–Kier alpha value is -3.09. The molecule has 4 heterocycles. The van der Waals surface area contributed by atoms with E-state index >= 15 is 0 Å². The SMILES string of the molecule is O=C1NC(=O)C2(N3C(=O)COc4c3ccn4-c3ccccc3)CC1C2. The molecule has 0 unspecified atom stereocenters. The molecule has 2 saturated heterocycles. The summed E-state index contributed by atoms with van der Waals surface area (Å²) in [4.78, 5) is 38.4. The van der Waals surface area contributed by atoms with Gasteiger partial charge in [0, 0.05) is 17.8 Å². The van der Waals surface area contributed by atoms with Crippen molar-refractivity contribution in [1.29, 1.82) is 0 Å². The van der Waals surface area contributed by atoms with Crippen LogP contribution < -0.4 is 15.0 Å². The van der Waals surface area contributed by atoms with E-state index in [9.17, 15) is 14.4 Å². The average Bonchev–Trinajstić information content (AvgIpc) is 2.99. The molecule has 3 fully saturated rings. The van der Waals surface area contributed by atoms with Gasteiger partial charge in [0.2, 0.25) is 11.8 Å². The van der Waals surface area contributed by atoms with E-state index in [0.717, 1.165) is 5.69 Å². The van der Waals surface area contributed by atoms with Crippen molar-refractivity contribution in [2.45, 2.75) is 18.4 Å². The summed E-state index contributed by atoms with van der Waals surface area (Å²) >= 11 is 0. The summed E-state index contributed by atoms with van der Waals surface area (Å²) in [5, 5.41) is 2.39. The van der Waals surface area contributed by atoms with Crippen molar-refractivity contribution in [1.82, 2.24) is 9.88 Å². The van der Waals surface area contributed by atoms with Crippen molar-refractivity contribution in [3.63, 3.8) is 0 Å². The first kappa shape index (κ1) is 14.3. The summed E-state index contributed by atoms with van der Waals surface area (Å²) in [5.74, 6) is -0.564. The second-order valence-electron chi connectivity index (χ2n) is 6.68. The lowest BCUT2D eigenvalue weighted by atomic mass is 9.63. The summed E-state index contributed by atoms with van der Waals surface area (Å²) in [7, 11) is 0. The molecule has 1 aliphatic carbocycles. The number of nitrogens with zero attached hydrogens (tertiary/aromatic N) is 2. The van der Waals surface area contributed by atoms with Gasteiger partial charge in [0.1, 0.15) is 11.2 Å². The van der Waals surface area contributed by atoms with Crippen LogP contribution in [0.1, 0.15) is 12.8 Å². The highest BCUT2D eigenvalue weighted by Crippen LogP contribution is 2.50. The summed E-state index contributed by atoms with van der Waals surface area (Å²) in [6.07, 6.45) is 2.57. The van der Waals surface area contributed by atoms with E-state index < -0.39 is 11.4 Å². The number of carbonyl (C=O) groups is 3. The van der Waals surface area contributed by atoms with Gasteiger partial charge in [-0.2, -0.15) is 0 Å². The number of imide groups is 1. The van der Waals surface area contributed by atoms with Gasteiger partial charge in [0.15, 0.2) is 6.61 Å². The number of rotatable bonds is 2. The average molecular weight is 337 g/mol. The van der Waals surface area contributed by atoms with Crippen LogP contribution in [0.5, 0.6) is 5.88 Å². The minimum absolute atomic E-state index is 0.127. The lowest BCUT2D eigenvalue weighted by molar-refractivity contribution is -0.153. The molecule has 7 heteroatoms. The zero-order valence-electron chi connectivity index (χ0n) is 13.3. The lowest BCUT2D eigenvalue weighted by Crippen LogP contribution is -2.75. The minimum atomic E-state index is -0.975. The zero-order chi connectivity index (χ0) is 17.2. The number of piperidine rings is 2. The van der Waals surface area contributed by atoms with Crippen molar-refractivity contribution < 1.29 is 19.1 Å². The number of anilines is 1. The quantitative estimate of drug-likeness (QED) is 0.830. The van der Waals surface area contributed by atoms with Crippen LogP contribution in [0.3, 0.4) is 0 Å². The number of para-hydroxylation sites is 1. The van der Waals surface area contributed by atoms with E-state index in [1.807, 2.05) is 41.1 Å². The Bertz CT molecular complexity index is 912. The molecule has 1 saturated carbocycles. The highest BCUT2D eigenvalue weighted by Gasteiger charge is 2.63. The number of nitrogens with one attached hydrogen (secondary N) is 1. The van der Waals surface area contributed by atoms with Gasteiger partial charge in [0.25, 0.3) is 11.8 Å². The predicted molar refractivity (Wildman–Crippen MR) is 87.4 cm³/mol. The Morgan fingerprint density at radius 1 is 1.08 bits per heavy atom. The highest BCUT2D eigenvalue weighted by atomic mass is 16.5. The fourth-order valence-corrected chi connectivity index (χ4v) is 4.05. The molecule has 2 aromatic rings. The van der Waals surface area contributed by atoms with Crippen LogP contribution in [0.15, 0.2) is 42.6 Å². The molecule has 1 aromatic carbocycles. The van der Waals surface area contributed by atoms with Gasteiger partial charge in [-0.05, 0) is 31.0 Å². The molecule has 126 valence electrons. The predicted octanol–water partition coefficient (Wildman–Crippen LogP) is 1.01.